The molecule has 0 spiro atoms. The molecule has 0 aromatic heterocycles. The van der Waals surface area contributed by atoms with E-state index >= 15 is 0 Å². The Morgan fingerprint density at radius 3 is 2.68 bits per heavy atom. The molecule has 1 aromatic rings. The van der Waals surface area contributed by atoms with Crippen LogP contribution in [0, 0.1) is 0 Å². The molecule has 0 amide bonds. The molecule has 25 heavy (non-hydrogen) atoms. The van der Waals surface area contributed by atoms with E-state index in [0.29, 0.717) is 11.3 Å². The molecular weight excluding hydrogens is 318 g/mol. The van der Waals surface area contributed by atoms with E-state index in [-0.39, 0.29) is 12.1 Å². The third-order valence-corrected chi connectivity index (χ3v) is 4.37. The lowest BCUT2D eigenvalue weighted by molar-refractivity contribution is -0.138. The van der Waals surface area contributed by atoms with Crippen molar-refractivity contribution < 1.29 is 19.0 Å². The third kappa shape index (κ3) is 2.72. The Morgan fingerprint density at radius 2 is 1.96 bits per heavy atom. The van der Waals surface area contributed by atoms with Crippen molar-refractivity contribution in [2.75, 3.05) is 14.2 Å². The van der Waals surface area contributed by atoms with Crippen molar-refractivity contribution in [3.8, 4) is 0 Å². The van der Waals surface area contributed by atoms with Crippen molar-refractivity contribution in [2.24, 2.45) is 4.99 Å². The van der Waals surface area contributed by atoms with Gasteiger partial charge in [-0.05, 0) is 29.4 Å². The van der Waals surface area contributed by atoms with E-state index in [0.717, 1.165) is 22.4 Å². The molecule has 0 radical (unpaired) electrons. The maximum atomic E-state index is 12.3. The second-order valence-corrected chi connectivity index (χ2v) is 5.87. The summed E-state index contributed by atoms with van der Waals surface area (Å²) >= 11 is 0. The van der Waals surface area contributed by atoms with Gasteiger partial charge in [0.2, 0.25) is 6.23 Å². The van der Waals surface area contributed by atoms with E-state index in [1.165, 1.54) is 0 Å². The Morgan fingerprint density at radius 1 is 1.16 bits per heavy atom. The van der Waals surface area contributed by atoms with Gasteiger partial charge in [-0.3, -0.25) is 0 Å². The van der Waals surface area contributed by atoms with Crippen molar-refractivity contribution in [1.82, 2.24) is 0 Å². The van der Waals surface area contributed by atoms with E-state index in [1.54, 1.807) is 14.2 Å². The maximum Gasteiger partial charge on any atom is 0.340 e. The normalized spacial score (nSPS) is 26.0. The Hall–Kier alpha value is -2.92. The molecule has 126 valence electrons. The van der Waals surface area contributed by atoms with Gasteiger partial charge in [0.15, 0.2) is 0 Å². The van der Waals surface area contributed by atoms with Crippen LogP contribution in [0.3, 0.4) is 0 Å². The Balaban J connectivity index is 1.75. The number of dihydropyridines is 1. The summed E-state index contributed by atoms with van der Waals surface area (Å²) in [5.74, 6) is 0.314. The standard InChI is InChI=1S/C20H17NO4/c1-23-17-10-13-9-14-15(8-12-6-4-3-5-7-12)20(22)25-19(14)21-16(13)11-18(17)24-2/h3-11,17,19H,1-2H3/b15-8-. The van der Waals surface area contributed by atoms with Gasteiger partial charge in [0.05, 0.1) is 18.4 Å². The summed E-state index contributed by atoms with van der Waals surface area (Å²) in [6.45, 7) is 0. The van der Waals surface area contributed by atoms with Gasteiger partial charge in [-0.2, -0.15) is 0 Å². The van der Waals surface area contributed by atoms with Crippen LogP contribution < -0.4 is 0 Å². The molecule has 2 aliphatic heterocycles. The van der Waals surface area contributed by atoms with Gasteiger partial charge in [-0.15, -0.1) is 0 Å². The first-order valence-corrected chi connectivity index (χ1v) is 7.97. The van der Waals surface area contributed by atoms with Crippen molar-refractivity contribution in [2.45, 2.75) is 12.3 Å². The first-order chi connectivity index (χ1) is 12.2. The molecular formula is C20H17NO4. The smallest absolute Gasteiger partial charge is 0.340 e. The fourth-order valence-corrected chi connectivity index (χ4v) is 3.10. The molecule has 2 heterocycles. The zero-order chi connectivity index (χ0) is 17.4. The number of esters is 1. The predicted molar refractivity (Wildman–Crippen MR) is 93.8 cm³/mol. The lowest BCUT2D eigenvalue weighted by atomic mass is 9.92. The van der Waals surface area contributed by atoms with Crippen LogP contribution in [0.15, 0.2) is 76.0 Å². The minimum absolute atomic E-state index is 0.271. The Bertz CT molecular complexity index is 874. The lowest BCUT2D eigenvalue weighted by Gasteiger charge is -2.24. The molecule has 1 aromatic carbocycles. The molecule has 5 nitrogen and oxygen atoms in total. The number of carbonyl (C=O) groups excluding carboxylic acids is 1. The van der Waals surface area contributed by atoms with Gasteiger partial charge >= 0.3 is 5.97 Å². The first-order valence-electron chi connectivity index (χ1n) is 7.97. The minimum Gasteiger partial charge on any atom is -0.498 e. The average molecular weight is 335 g/mol. The highest BCUT2D eigenvalue weighted by atomic mass is 16.6. The number of methoxy groups -OCH3 is 2. The van der Waals surface area contributed by atoms with Gasteiger partial charge < -0.3 is 14.2 Å². The van der Waals surface area contributed by atoms with Crippen molar-refractivity contribution >= 4 is 17.8 Å². The quantitative estimate of drug-likeness (QED) is 0.630. The summed E-state index contributed by atoms with van der Waals surface area (Å²) in [4.78, 5) is 16.9. The summed E-state index contributed by atoms with van der Waals surface area (Å²) < 4.78 is 16.2. The molecule has 4 rings (SSSR count). The summed E-state index contributed by atoms with van der Waals surface area (Å²) in [7, 11) is 3.22. The third-order valence-electron chi connectivity index (χ3n) is 4.37. The molecule has 1 aliphatic carbocycles. The van der Waals surface area contributed by atoms with E-state index in [1.807, 2.05) is 54.6 Å². The summed E-state index contributed by atoms with van der Waals surface area (Å²) in [6.07, 6.45) is 6.66. The molecule has 0 bridgehead atoms. The van der Waals surface area contributed by atoms with Crippen LogP contribution in [0.2, 0.25) is 0 Å². The summed E-state index contributed by atoms with van der Waals surface area (Å²) in [5, 5.41) is 0. The number of allylic oxidation sites excluding steroid dienone is 3. The molecule has 1 saturated heterocycles. The Kier molecular flexibility index (Phi) is 3.86. The molecule has 5 heteroatoms. The number of hydrogen-bond donors (Lipinski definition) is 0. The number of rotatable bonds is 3. The monoisotopic (exact) mass is 335 g/mol. The highest BCUT2D eigenvalue weighted by Crippen LogP contribution is 2.36. The van der Waals surface area contributed by atoms with Crippen molar-refractivity contribution in [3.05, 3.63) is 76.6 Å². The fraction of sp³-hybridized carbons (Fsp3) is 0.200. The van der Waals surface area contributed by atoms with E-state index in [4.69, 9.17) is 14.2 Å². The first kappa shape index (κ1) is 15.6. The number of aliphatic imine (C=N–C) groups is 1. The van der Waals surface area contributed by atoms with Gasteiger partial charge in [0, 0.05) is 18.8 Å². The SMILES string of the molecule is COC1=CC2=NC3OC(=O)/C(=C\c4ccccc4)C3=CC2=CC1OC. The van der Waals surface area contributed by atoms with E-state index < -0.39 is 6.23 Å². The summed E-state index contributed by atoms with van der Waals surface area (Å²) in [5.41, 5.74) is 3.88. The zero-order valence-corrected chi connectivity index (χ0v) is 13.9. The van der Waals surface area contributed by atoms with Crippen LogP contribution in [0.25, 0.3) is 6.08 Å². The average Bonchev–Trinajstić information content (AvgIpc) is 2.94. The number of hydrogen-bond acceptors (Lipinski definition) is 5. The topological polar surface area (TPSA) is 57.1 Å². The number of benzene rings is 1. The molecule has 3 aliphatic rings. The predicted octanol–water partition coefficient (Wildman–Crippen LogP) is 2.82. The minimum atomic E-state index is -0.608. The highest BCUT2D eigenvalue weighted by molar-refractivity contribution is 6.14. The molecule has 2 unspecified atom stereocenters. The van der Waals surface area contributed by atoms with Crippen LogP contribution in [0.4, 0.5) is 0 Å². The number of nitrogens with zero attached hydrogens (tertiary/aromatic N) is 1. The Labute approximate surface area is 145 Å². The molecule has 2 atom stereocenters. The number of fused-ring (bicyclic) bond motifs is 2. The summed E-state index contributed by atoms with van der Waals surface area (Å²) in [6, 6.07) is 9.69. The van der Waals surface area contributed by atoms with Crippen LogP contribution in [0.1, 0.15) is 5.56 Å². The second-order valence-electron chi connectivity index (χ2n) is 5.87. The van der Waals surface area contributed by atoms with Crippen molar-refractivity contribution in [1.29, 1.82) is 0 Å². The molecule has 0 N–H and O–H groups in total. The van der Waals surface area contributed by atoms with Crippen LogP contribution >= 0.6 is 0 Å². The number of ether oxygens (including phenoxy) is 3. The largest absolute Gasteiger partial charge is 0.498 e. The van der Waals surface area contributed by atoms with Crippen LogP contribution in [0.5, 0.6) is 0 Å². The van der Waals surface area contributed by atoms with Gasteiger partial charge in [0.1, 0.15) is 11.9 Å². The lowest BCUT2D eigenvalue weighted by Crippen LogP contribution is -2.24. The zero-order valence-electron chi connectivity index (χ0n) is 13.9. The highest BCUT2D eigenvalue weighted by Gasteiger charge is 2.38. The van der Waals surface area contributed by atoms with Crippen molar-refractivity contribution in [3.63, 3.8) is 0 Å². The fourth-order valence-electron chi connectivity index (χ4n) is 3.10. The second kappa shape index (κ2) is 6.18. The molecule has 1 fully saturated rings. The van der Waals surface area contributed by atoms with E-state index in [9.17, 15) is 4.79 Å². The van der Waals surface area contributed by atoms with Gasteiger partial charge in [-0.1, -0.05) is 30.3 Å². The van der Waals surface area contributed by atoms with Crippen LogP contribution in [-0.4, -0.2) is 38.2 Å². The van der Waals surface area contributed by atoms with Crippen LogP contribution in [-0.2, 0) is 19.0 Å². The maximum absolute atomic E-state index is 12.3. The van der Waals surface area contributed by atoms with Gasteiger partial charge in [0.25, 0.3) is 0 Å². The van der Waals surface area contributed by atoms with E-state index in [2.05, 4.69) is 4.99 Å². The van der Waals surface area contributed by atoms with Gasteiger partial charge in [-0.25, -0.2) is 9.79 Å². The number of carbonyl (C=O) groups is 1. The molecule has 0 saturated carbocycles.